The lowest BCUT2D eigenvalue weighted by atomic mass is 10.2. The predicted octanol–water partition coefficient (Wildman–Crippen LogP) is 0.488. The van der Waals surface area contributed by atoms with Crippen LogP contribution in [-0.4, -0.2) is 67.2 Å². The molecule has 1 aliphatic rings. The van der Waals surface area contributed by atoms with Gasteiger partial charge in [-0.3, -0.25) is 4.90 Å². The van der Waals surface area contributed by atoms with Gasteiger partial charge in [0.15, 0.2) is 0 Å². The first-order chi connectivity index (χ1) is 11.3. The Labute approximate surface area is 139 Å². The van der Waals surface area contributed by atoms with Gasteiger partial charge in [-0.25, -0.2) is 4.98 Å². The van der Waals surface area contributed by atoms with Crippen LogP contribution in [0.1, 0.15) is 25.7 Å². The second kappa shape index (κ2) is 10.4. The zero-order chi connectivity index (χ0) is 16.3. The molecule has 7 nitrogen and oxygen atoms in total. The molecule has 2 rings (SSSR count). The van der Waals surface area contributed by atoms with Gasteiger partial charge in [0.2, 0.25) is 5.95 Å². The molecule has 0 atom stereocenters. The van der Waals surface area contributed by atoms with E-state index in [2.05, 4.69) is 25.1 Å². The molecule has 1 saturated heterocycles. The molecule has 5 N–H and O–H groups in total. The fourth-order valence-electron chi connectivity index (χ4n) is 2.94. The summed E-state index contributed by atoms with van der Waals surface area (Å²) in [7, 11) is 0. The van der Waals surface area contributed by atoms with Gasteiger partial charge in [-0.1, -0.05) is 12.8 Å². The lowest BCUT2D eigenvalue weighted by molar-refractivity contribution is 0.300. The molecule has 130 valence electrons. The molecule has 0 aromatic carbocycles. The second-order valence-electron chi connectivity index (χ2n) is 5.99. The number of nitrogens with zero attached hydrogens (tertiary/aromatic N) is 4. The highest BCUT2D eigenvalue weighted by atomic mass is 15.2. The van der Waals surface area contributed by atoms with E-state index in [1.54, 1.807) is 0 Å². The van der Waals surface area contributed by atoms with E-state index in [9.17, 15) is 0 Å². The molecule has 1 fully saturated rings. The molecule has 1 aromatic rings. The van der Waals surface area contributed by atoms with Crippen molar-refractivity contribution in [2.75, 3.05) is 62.6 Å². The Hall–Kier alpha value is -1.44. The van der Waals surface area contributed by atoms with Crippen LogP contribution in [0.2, 0.25) is 0 Å². The quantitative estimate of drug-likeness (QED) is 0.609. The Morgan fingerprint density at radius 1 is 1.04 bits per heavy atom. The van der Waals surface area contributed by atoms with Crippen LogP contribution >= 0.6 is 0 Å². The zero-order valence-corrected chi connectivity index (χ0v) is 14.1. The van der Waals surface area contributed by atoms with E-state index in [4.69, 9.17) is 11.5 Å². The molecule has 2 heterocycles. The van der Waals surface area contributed by atoms with Crippen LogP contribution in [0.5, 0.6) is 0 Å². The summed E-state index contributed by atoms with van der Waals surface area (Å²) in [5.41, 5.74) is 11.2. The Morgan fingerprint density at radius 3 is 2.39 bits per heavy atom. The maximum atomic E-state index is 5.62. The standard InChI is InChI=1S/C16H31N7/c17-6-12-22(13-7-18)14-9-20-16-19-8-5-15(21-16)23-10-3-1-2-4-11-23/h5,8H,1-4,6-7,9-14,17-18H2,(H,19,20,21). The fourth-order valence-corrected chi connectivity index (χ4v) is 2.94. The molecule has 0 radical (unpaired) electrons. The Morgan fingerprint density at radius 2 is 1.74 bits per heavy atom. The number of nitrogens with two attached hydrogens (primary N) is 2. The molecule has 23 heavy (non-hydrogen) atoms. The van der Waals surface area contributed by atoms with Crippen LogP contribution in [0, 0.1) is 0 Å². The van der Waals surface area contributed by atoms with Gasteiger partial charge in [-0.05, 0) is 18.9 Å². The van der Waals surface area contributed by atoms with E-state index < -0.39 is 0 Å². The number of aromatic nitrogens is 2. The topological polar surface area (TPSA) is 96.3 Å². The van der Waals surface area contributed by atoms with Crippen LogP contribution in [0.15, 0.2) is 12.3 Å². The van der Waals surface area contributed by atoms with Gasteiger partial charge in [-0.15, -0.1) is 0 Å². The lowest BCUT2D eigenvalue weighted by Gasteiger charge is -2.22. The van der Waals surface area contributed by atoms with Crippen molar-refractivity contribution in [1.29, 1.82) is 0 Å². The van der Waals surface area contributed by atoms with E-state index >= 15 is 0 Å². The van der Waals surface area contributed by atoms with Gasteiger partial charge in [0.1, 0.15) is 5.82 Å². The Kier molecular flexibility index (Phi) is 8.06. The number of nitrogens with one attached hydrogen (secondary N) is 1. The Balaban J connectivity index is 1.84. The van der Waals surface area contributed by atoms with E-state index in [-0.39, 0.29) is 0 Å². The first kappa shape index (κ1) is 17.9. The summed E-state index contributed by atoms with van der Waals surface area (Å²) in [6.45, 7) is 6.92. The molecule has 1 aliphatic heterocycles. The van der Waals surface area contributed by atoms with Crippen LogP contribution < -0.4 is 21.7 Å². The minimum Gasteiger partial charge on any atom is -0.356 e. The fraction of sp³-hybridized carbons (Fsp3) is 0.750. The molecule has 1 aromatic heterocycles. The molecular weight excluding hydrogens is 290 g/mol. The lowest BCUT2D eigenvalue weighted by Crippen LogP contribution is -2.37. The molecule has 7 heteroatoms. The van der Waals surface area contributed by atoms with Crippen molar-refractivity contribution < 1.29 is 0 Å². The van der Waals surface area contributed by atoms with E-state index in [0.717, 1.165) is 45.1 Å². The number of hydrogen-bond acceptors (Lipinski definition) is 7. The van der Waals surface area contributed by atoms with Gasteiger partial charge in [-0.2, -0.15) is 4.98 Å². The van der Waals surface area contributed by atoms with Gasteiger partial charge < -0.3 is 21.7 Å². The predicted molar refractivity (Wildman–Crippen MR) is 95.8 cm³/mol. The van der Waals surface area contributed by atoms with Crippen molar-refractivity contribution in [3.63, 3.8) is 0 Å². The normalized spacial score (nSPS) is 15.7. The van der Waals surface area contributed by atoms with Crippen LogP contribution in [0.4, 0.5) is 11.8 Å². The van der Waals surface area contributed by atoms with Crippen molar-refractivity contribution in [3.05, 3.63) is 12.3 Å². The van der Waals surface area contributed by atoms with Crippen molar-refractivity contribution in [2.45, 2.75) is 25.7 Å². The summed E-state index contributed by atoms with van der Waals surface area (Å²) < 4.78 is 0. The van der Waals surface area contributed by atoms with Crippen LogP contribution in [0.25, 0.3) is 0 Å². The molecule has 0 unspecified atom stereocenters. The highest BCUT2D eigenvalue weighted by molar-refractivity contribution is 5.42. The summed E-state index contributed by atoms with van der Waals surface area (Å²) in [5, 5.41) is 3.31. The summed E-state index contributed by atoms with van der Waals surface area (Å²) in [6.07, 6.45) is 6.99. The summed E-state index contributed by atoms with van der Waals surface area (Å²) in [5.74, 6) is 1.73. The molecule has 0 bridgehead atoms. The van der Waals surface area contributed by atoms with Crippen LogP contribution in [0.3, 0.4) is 0 Å². The van der Waals surface area contributed by atoms with Crippen molar-refractivity contribution in [3.8, 4) is 0 Å². The minimum atomic E-state index is 0.654. The third-order valence-electron chi connectivity index (χ3n) is 4.17. The van der Waals surface area contributed by atoms with Gasteiger partial charge >= 0.3 is 0 Å². The average Bonchev–Trinajstić information content (AvgIpc) is 2.85. The third kappa shape index (κ3) is 6.29. The van der Waals surface area contributed by atoms with E-state index in [1.807, 2.05) is 12.3 Å². The molecular formula is C16H31N7. The van der Waals surface area contributed by atoms with Crippen molar-refractivity contribution >= 4 is 11.8 Å². The molecule has 0 aliphatic carbocycles. The zero-order valence-electron chi connectivity index (χ0n) is 14.1. The summed E-state index contributed by atoms with van der Waals surface area (Å²) in [6, 6.07) is 2.01. The summed E-state index contributed by atoms with van der Waals surface area (Å²) >= 11 is 0. The van der Waals surface area contributed by atoms with Crippen molar-refractivity contribution in [2.24, 2.45) is 11.5 Å². The first-order valence-corrected chi connectivity index (χ1v) is 8.78. The van der Waals surface area contributed by atoms with Gasteiger partial charge in [0.05, 0.1) is 0 Å². The third-order valence-corrected chi connectivity index (χ3v) is 4.17. The highest BCUT2D eigenvalue weighted by Crippen LogP contribution is 2.17. The average molecular weight is 321 g/mol. The van der Waals surface area contributed by atoms with Crippen LogP contribution in [-0.2, 0) is 0 Å². The van der Waals surface area contributed by atoms with E-state index in [1.165, 1.54) is 25.7 Å². The molecule has 0 spiro atoms. The largest absolute Gasteiger partial charge is 0.356 e. The van der Waals surface area contributed by atoms with Gasteiger partial charge in [0, 0.05) is 58.6 Å². The minimum absolute atomic E-state index is 0.654. The van der Waals surface area contributed by atoms with E-state index in [0.29, 0.717) is 19.0 Å². The second-order valence-corrected chi connectivity index (χ2v) is 5.99. The number of hydrogen-bond donors (Lipinski definition) is 3. The number of anilines is 2. The Bertz CT molecular complexity index is 426. The molecule has 0 amide bonds. The summed E-state index contributed by atoms with van der Waals surface area (Å²) in [4.78, 5) is 13.6. The SMILES string of the molecule is NCCN(CCN)CCNc1nccc(N2CCCCCC2)n1. The first-order valence-electron chi connectivity index (χ1n) is 8.78. The maximum absolute atomic E-state index is 5.62. The van der Waals surface area contributed by atoms with Crippen molar-refractivity contribution in [1.82, 2.24) is 14.9 Å². The maximum Gasteiger partial charge on any atom is 0.224 e. The molecule has 0 saturated carbocycles. The monoisotopic (exact) mass is 321 g/mol. The van der Waals surface area contributed by atoms with Gasteiger partial charge in [0.25, 0.3) is 0 Å². The smallest absolute Gasteiger partial charge is 0.224 e. The highest BCUT2D eigenvalue weighted by Gasteiger charge is 2.11. The number of rotatable bonds is 9.